The molecule has 3 rings (SSSR count). The van der Waals surface area contributed by atoms with E-state index in [1.54, 1.807) is 0 Å². The van der Waals surface area contributed by atoms with Gasteiger partial charge >= 0.3 is 0 Å². The van der Waals surface area contributed by atoms with Crippen LogP contribution in [0.5, 0.6) is 0 Å². The maximum absolute atomic E-state index is 4.28. The zero-order valence-corrected chi connectivity index (χ0v) is 15.8. The molecule has 2 nitrogen and oxygen atoms in total. The fourth-order valence-corrected chi connectivity index (χ4v) is 3.72. The fourth-order valence-electron chi connectivity index (χ4n) is 3.72. The lowest BCUT2D eigenvalue weighted by Gasteiger charge is -2.33. The largest absolute Gasteiger partial charge is 0.368 e. The van der Waals surface area contributed by atoms with E-state index < -0.39 is 0 Å². The van der Waals surface area contributed by atoms with Crippen LogP contribution in [0.4, 0.5) is 0 Å². The quantitative estimate of drug-likeness (QED) is 0.727. The Balaban J connectivity index is 1.94. The van der Waals surface area contributed by atoms with Gasteiger partial charge in [-0.15, -0.1) is 0 Å². The van der Waals surface area contributed by atoms with Crippen molar-refractivity contribution in [3.05, 3.63) is 83.5 Å². The average Bonchev–Trinajstić information content (AvgIpc) is 3.13. The van der Waals surface area contributed by atoms with Crippen LogP contribution < -0.4 is 5.32 Å². The molecule has 0 aromatic heterocycles. The summed E-state index contributed by atoms with van der Waals surface area (Å²) in [6.07, 6.45) is 11.6. The molecule has 1 aliphatic heterocycles. The molecule has 1 aliphatic carbocycles. The first-order valence-corrected chi connectivity index (χ1v) is 9.43. The van der Waals surface area contributed by atoms with Gasteiger partial charge in [0.2, 0.25) is 0 Å². The van der Waals surface area contributed by atoms with Crippen LogP contribution in [0.25, 0.3) is 0 Å². The maximum atomic E-state index is 4.28. The van der Waals surface area contributed by atoms with Crippen LogP contribution in [0.3, 0.4) is 0 Å². The Morgan fingerprint density at radius 1 is 1.20 bits per heavy atom. The first kappa shape index (κ1) is 17.6. The predicted octanol–water partition coefficient (Wildman–Crippen LogP) is 5.84. The van der Waals surface area contributed by atoms with Crippen LogP contribution >= 0.6 is 0 Å². The first-order valence-electron chi connectivity index (χ1n) is 9.43. The second-order valence-electron chi connectivity index (χ2n) is 7.36. The molecule has 1 N–H and O–H groups in total. The van der Waals surface area contributed by atoms with Crippen molar-refractivity contribution in [2.75, 3.05) is 0 Å². The summed E-state index contributed by atoms with van der Waals surface area (Å²) in [6, 6.07) is 11.3. The van der Waals surface area contributed by atoms with Crippen molar-refractivity contribution in [1.29, 1.82) is 0 Å². The standard InChI is InChI=1S/C23H30N2/c1-17-14-15-25(18(2)16-17)23(24-22-12-8-9-13-22)20(4)19(3)21-10-6-5-7-11-21/h5-7,10-11,14-16,19,22,24H,2,8-9,12-13H2,1,3-4H3/b23-20+. The molecule has 0 amide bonds. The summed E-state index contributed by atoms with van der Waals surface area (Å²) >= 11 is 0. The summed E-state index contributed by atoms with van der Waals surface area (Å²) in [5, 5.41) is 3.85. The van der Waals surface area contributed by atoms with Crippen LogP contribution in [0.2, 0.25) is 0 Å². The Morgan fingerprint density at radius 2 is 1.88 bits per heavy atom. The molecule has 2 aliphatic rings. The summed E-state index contributed by atoms with van der Waals surface area (Å²) in [5.41, 5.74) is 4.98. The molecule has 1 atom stereocenters. The van der Waals surface area contributed by atoms with E-state index in [9.17, 15) is 0 Å². The molecule has 1 saturated carbocycles. The van der Waals surface area contributed by atoms with E-state index in [1.165, 1.54) is 48.2 Å². The molecule has 0 spiro atoms. The van der Waals surface area contributed by atoms with E-state index in [0.717, 1.165) is 5.70 Å². The molecule has 1 heterocycles. The van der Waals surface area contributed by atoms with E-state index in [2.05, 4.69) is 86.3 Å². The third-order valence-corrected chi connectivity index (χ3v) is 5.45. The highest BCUT2D eigenvalue weighted by atomic mass is 15.2. The van der Waals surface area contributed by atoms with Gasteiger partial charge in [0.1, 0.15) is 5.82 Å². The van der Waals surface area contributed by atoms with Crippen molar-refractivity contribution in [2.45, 2.75) is 58.4 Å². The molecule has 25 heavy (non-hydrogen) atoms. The molecule has 2 heteroatoms. The summed E-state index contributed by atoms with van der Waals surface area (Å²) < 4.78 is 0. The van der Waals surface area contributed by atoms with Gasteiger partial charge in [0.05, 0.1) is 0 Å². The Hall–Kier alpha value is -2.22. The van der Waals surface area contributed by atoms with Crippen LogP contribution in [-0.4, -0.2) is 10.9 Å². The van der Waals surface area contributed by atoms with Crippen molar-refractivity contribution in [3.63, 3.8) is 0 Å². The average molecular weight is 335 g/mol. The van der Waals surface area contributed by atoms with Gasteiger partial charge in [-0.25, -0.2) is 0 Å². The zero-order valence-electron chi connectivity index (χ0n) is 15.8. The summed E-state index contributed by atoms with van der Waals surface area (Å²) in [5.74, 6) is 1.56. The lowest BCUT2D eigenvalue weighted by atomic mass is 9.93. The molecule has 0 radical (unpaired) electrons. The summed E-state index contributed by atoms with van der Waals surface area (Å²) in [6.45, 7) is 10.9. The SMILES string of the molecule is C=C1C=C(C)C=CN1/C(NC1CCCC1)=C(\C)C(C)c1ccccc1. The van der Waals surface area contributed by atoms with E-state index >= 15 is 0 Å². The summed E-state index contributed by atoms with van der Waals surface area (Å²) in [7, 11) is 0. The highest BCUT2D eigenvalue weighted by molar-refractivity contribution is 5.38. The Labute approximate surface area is 152 Å². The van der Waals surface area contributed by atoms with Gasteiger partial charge in [0, 0.05) is 23.9 Å². The Bertz CT molecular complexity index is 703. The lowest BCUT2D eigenvalue weighted by molar-refractivity contribution is 0.454. The number of rotatable bonds is 5. The van der Waals surface area contributed by atoms with Gasteiger partial charge < -0.3 is 10.2 Å². The van der Waals surface area contributed by atoms with E-state index in [1.807, 2.05) is 0 Å². The fraction of sp³-hybridized carbons (Fsp3) is 0.391. The number of benzene rings is 1. The van der Waals surface area contributed by atoms with Crippen LogP contribution in [0.15, 0.2) is 77.9 Å². The predicted molar refractivity (Wildman–Crippen MR) is 107 cm³/mol. The third-order valence-electron chi connectivity index (χ3n) is 5.45. The smallest absolute Gasteiger partial charge is 0.110 e. The molecule has 1 fully saturated rings. The number of hydrogen-bond acceptors (Lipinski definition) is 2. The molecule has 132 valence electrons. The second-order valence-corrected chi connectivity index (χ2v) is 7.36. The molecule has 1 unspecified atom stereocenters. The number of hydrogen-bond donors (Lipinski definition) is 1. The van der Waals surface area contributed by atoms with Crippen molar-refractivity contribution in [2.24, 2.45) is 0 Å². The highest BCUT2D eigenvalue weighted by Crippen LogP contribution is 2.31. The van der Waals surface area contributed by atoms with Crippen LogP contribution in [0, 0.1) is 0 Å². The molecular weight excluding hydrogens is 304 g/mol. The van der Waals surface area contributed by atoms with Crippen LogP contribution in [-0.2, 0) is 0 Å². The molecular formula is C23H30N2. The first-order chi connectivity index (χ1) is 12.1. The van der Waals surface area contributed by atoms with Crippen molar-refractivity contribution in [3.8, 4) is 0 Å². The molecule has 1 aromatic rings. The molecule has 0 saturated heterocycles. The maximum Gasteiger partial charge on any atom is 0.110 e. The summed E-state index contributed by atoms with van der Waals surface area (Å²) in [4.78, 5) is 2.22. The Morgan fingerprint density at radius 3 is 2.52 bits per heavy atom. The van der Waals surface area contributed by atoms with Crippen molar-refractivity contribution >= 4 is 0 Å². The zero-order chi connectivity index (χ0) is 17.8. The normalized spacial score (nSPS) is 20.4. The topological polar surface area (TPSA) is 15.3 Å². The third kappa shape index (κ3) is 4.07. The van der Waals surface area contributed by atoms with E-state index in [0.29, 0.717) is 12.0 Å². The number of nitrogens with zero attached hydrogens (tertiary/aromatic N) is 1. The minimum Gasteiger partial charge on any atom is -0.368 e. The minimum absolute atomic E-state index is 0.360. The van der Waals surface area contributed by atoms with Gasteiger partial charge in [0.25, 0.3) is 0 Å². The second kappa shape index (κ2) is 7.77. The van der Waals surface area contributed by atoms with Crippen molar-refractivity contribution in [1.82, 2.24) is 10.2 Å². The number of allylic oxidation sites excluding steroid dienone is 4. The van der Waals surface area contributed by atoms with Crippen molar-refractivity contribution < 1.29 is 0 Å². The van der Waals surface area contributed by atoms with E-state index in [-0.39, 0.29) is 0 Å². The van der Waals surface area contributed by atoms with Gasteiger partial charge in [-0.2, -0.15) is 0 Å². The van der Waals surface area contributed by atoms with Gasteiger partial charge in [0.15, 0.2) is 0 Å². The van der Waals surface area contributed by atoms with Gasteiger partial charge in [-0.05, 0) is 55.6 Å². The highest BCUT2D eigenvalue weighted by Gasteiger charge is 2.23. The minimum atomic E-state index is 0.360. The monoisotopic (exact) mass is 334 g/mol. The number of nitrogens with one attached hydrogen (secondary N) is 1. The van der Waals surface area contributed by atoms with Crippen LogP contribution in [0.1, 0.15) is 57.9 Å². The van der Waals surface area contributed by atoms with Gasteiger partial charge in [-0.3, -0.25) is 0 Å². The Kier molecular flexibility index (Phi) is 5.47. The molecule has 1 aromatic carbocycles. The van der Waals surface area contributed by atoms with Gasteiger partial charge in [-0.1, -0.05) is 56.7 Å². The van der Waals surface area contributed by atoms with E-state index in [4.69, 9.17) is 0 Å². The lowest BCUT2D eigenvalue weighted by Crippen LogP contribution is -2.35. The molecule has 0 bridgehead atoms.